The first-order chi connectivity index (χ1) is 16.1. The van der Waals surface area contributed by atoms with E-state index in [9.17, 15) is 8.42 Å². The zero-order valence-electron chi connectivity index (χ0n) is 18.1. The van der Waals surface area contributed by atoms with E-state index in [4.69, 9.17) is 19.4 Å². The van der Waals surface area contributed by atoms with Gasteiger partial charge in [0.05, 0.1) is 35.1 Å². The van der Waals surface area contributed by atoms with Crippen molar-refractivity contribution in [3.8, 4) is 11.4 Å². The lowest BCUT2D eigenvalue weighted by Gasteiger charge is -2.28. The van der Waals surface area contributed by atoms with Crippen molar-refractivity contribution >= 4 is 48.3 Å². The van der Waals surface area contributed by atoms with E-state index in [1.165, 1.54) is 11.3 Å². The molecule has 174 valence electrons. The molecule has 12 heteroatoms. The van der Waals surface area contributed by atoms with Gasteiger partial charge in [-0.1, -0.05) is 12.1 Å². The van der Waals surface area contributed by atoms with E-state index in [1.54, 1.807) is 19.4 Å². The molecule has 4 heterocycles. The van der Waals surface area contributed by atoms with Crippen molar-refractivity contribution in [2.45, 2.75) is 10.6 Å². The van der Waals surface area contributed by atoms with Gasteiger partial charge in [0.25, 0.3) is 0 Å². The number of thiophene rings is 1. The van der Waals surface area contributed by atoms with Crippen LogP contribution >= 0.6 is 11.3 Å². The molecule has 0 unspecified atom stereocenters. The minimum Gasteiger partial charge on any atom is -0.385 e. The molecule has 0 radical (unpaired) electrons. The fourth-order valence-electron chi connectivity index (χ4n) is 3.79. The molecule has 0 bridgehead atoms. The lowest BCUT2D eigenvalue weighted by atomic mass is 10.1. The molecular weight excluding hydrogens is 464 g/mol. The first-order valence-electron chi connectivity index (χ1n) is 10.6. The lowest BCUT2D eigenvalue weighted by Crippen LogP contribution is -2.36. The SMILES string of the molecule is COCCCNS(=O)(=O)c1cc2nc(-c3cccc4[nH]ncc34)nc(N3CCOCC3)c2s1. The quantitative estimate of drug-likeness (QED) is 0.363. The van der Waals surface area contributed by atoms with E-state index in [0.29, 0.717) is 57.2 Å². The van der Waals surface area contributed by atoms with Crippen LogP contribution in [0.25, 0.3) is 32.5 Å². The van der Waals surface area contributed by atoms with Crippen molar-refractivity contribution < 1.29 is 17.9 Å². The van der Waals surface area contributed by atoms with Crippen LogP contribution in [0.4, 0.5) is 5.82 Å². The highest BCUT2D eigenvalue weighted by Crippen LogP contribution is 2.37. The third-order valence-corrected chi connectivity index (χ3v) is 8.50. The van der Waals surface area contributed by atoms with E-state index < -0.39 is 10.0 Å². The van der Waals surface area contributed by atoms with Gasteiger partial charge < -0.3 is 14.4 Å². The molecule has 1 saturated heterocycles. The van der Waals surface area contributed by atoms with Crippen molar-refractivity contribution in [2.75, 3.05) is 51.5 Å². The maximum absolute atomic E-state index is 12.9. The summed E-state index contributed by atoms with van der Waals surface area (Å²) in [5.74, 6) is 1.26. The van der Waals surface area contributed by atoms with Gasteiger partial charge in [-0.15, -0.1) is 11.3 Å². The van der Waals surface area contributed by atoms with Crippen LogP contribution < -0.4 is 9.62 Å². The largest absolute Gasteiger partial charge is 0.385 e. The van der Waals surface area contributed by atoms with Crippen molar-refractivity contribution in [2.24, 2.45) is 0 Å². The molecule has 3 aromatic heterocycles. The summed E-state index contributed by atoms with van der Waals surface area (Å²) in [6.45, 7) is 3.34. The summed E-state index contributed by atoms with van der Waals surface area (Å²) in [5.41, 5.74) is 2.33. The fourth-order valence-corrected chi connectivity index (χ4v) is 6.33. The molecule has 1 aliphatic heterocycles. The van der Waals surface area contributed by atoms with Crippen molar-refractivity contribution in [3.63, 3.8) is 0 Å². The highest BCUT2D eigenvalue weighted by Gasteiger charge is 2.24. The minimum absolute atomic E-state index is 0.220. The molecule has 33 heavy (non-hydrogen) atoms. The average molecular weight is 489 g/mol. The topological polar surface area (TPSA) is 122 Å². The van der Waals surface area contributed by atoms with Gasteiger partial charge in [0.15, 0.2) is 11.6 Å². The van der Waals surface area contributed by atoms with E-state index >= 15 is 0 Å². The number of fused-ring (bicyclic) bond motifs is 2. The van der Waals surface area contributed by atoms with Gasteiger partial charge in [-0.05, 0) is 18.6 Å². The summed E-state index contributed by atoms with van der Waals surface area (Å²) >= 11 is 1.19. The number of anilines is 1. The average Bonchev–Trinajstić information content (AvgIpc) is 3.49. The smallest absolute Gasteiger partial charge is 0.250 e. The maximum atomic E-state index is 12.9. The summed E-state index contributed by atoms with van der Waals surface area (Å²) in [5, 5.41) is 8.02. The summed E-state index contributed by atoms with van der Waals surface area (Å²) in [4.78, 5) is 11.8. The highest BCUT2D eigenvalue weighted by molar-refractivity contribution is 7.91. The van der Waals surface area contributed by atoms with Crippen LogP contribution in [0.1, 0.15) is 6.42 Å². The molecule has 0 atom stereocenters. The first kappa shape index (κ1) is 22.2. The molecule has 1 aromatic carbocycles. The molecule has 2 N–H and O–H groups in total. The van der Waals surface area contributed by atoms with Gasteiger partial charge in [0.2, 0.25) is 10.0 Å². The van der Waals surface area contributed by atoms with Crippen LogP contribution in [0.15, 0.2) is 34.7 Å². The summed E-state index contributed by atoms with van der Waals surface area (Å²) in [6, 6.07) is 7.44. The molecule has 0 amide bonds. The molecule has 1 fully saturated rings. The van der Waals surface area contributed by atoms with Gasteiger partial charge in [0.1, 0.15) is 4.21 Å². The number of nitrogens with one attached hydrogen (secondary N) is 2. The van der Waals surface area contributed by atoms with E-state index in [2.05, 4.69) is 19.8 Å². The van der Waals surface area contributed by atoms with Crippen molar-refractivity contribution in [1.29, 1.82) is 0 Å². The number of morpholine rings is 1. The van der Waals surface area contributed by atoms with Crippen LogP contribution in [-0.2, 0) is 19.5 Å². The van der Waals surface area contributed by atoms with Crippen LogP contribution in [0.2, 0.25) is 0 Å². The normalized spacial score (nSPS) is 15.0. The second kappa shape index (κ2) is 9.31. The third-order valence-electron chi connectivity index (χ3n) is 5.45. The van der Waals surface area contributed by atoms with Crippen molar-refractivity contribution in [3.05, 3.63) is 30.5 Å². The van der Waals surface area contributed by atoms with Gasteiger partial charge in [0, 0.05) is 44.3 Å². The standard InChI is InChI=1S/C21H24N6O4S2/c1-30-9-3-6-23-33(28,29)18-12-17-19(32-18)21(27-7-10-31-11-8-27)25-20(24-17)14-4-2-5-16-15(14)13-22-26-16/h2,4-5,12-13,23H,3,6-11H2,1H3,(H,22,26). The van der Waals surface area contributed by atoms with E-state index in [0.717, 1.165) is 27.0 Å². The number of methoxy groups -OCH3 is 1. The van der Waals surface area contributed by atoms with Crippen LogP contribution in [0, 0.1) is 0 Å². The molecule has 5 rings (SSSR count). The zero-order valence-corrected chi connectivity index (χ0v) is 19.7. The number of hydrogen-bond donors (Lipinski definition) is 2. The molecule has 0 aliphatic carbocycles. The van der Waals surface area contributed by atoms with Gasteiger partial charge in [-0.3, -0.25) is 5.10 Å². The maximum Gasteiger partial charge on any atom is 0.250 e. The molecule has 0 spiro atoms. The molecular formula is C21H24N6O4S2. The molecule has 1 aliphatic rings. The number of aromatic nitrogens is 4. The van der Waals surface area contributed by atoms with Gasteiger partial charge >= 0.3 is 0 Å². The number of hydrogen-bond acceptors (Lipinski definition) is 9. The van der Waals surface area contributed by atoms with Crippen LogP contribution in [0.5, 0.6) is 0 Å². The van der Waals surface area contributed by atoms with Gasteiger partial charge in [-0.25, -0.2) is 23.1 Å². The van der Waals surface area contributed by atoms with Gasteiger partial charge in [-0.2, -0.15) is 5.10 Å². The highest BCUT2D eigenvalue weighted by atomic mass is 32.2. The molecule has 0 saturated carbocycles. The fraction of sp³-hybridized carbons (Fsp3) is 0.381. The Kier molecular flexibility index (Phi) is 6.25. The predicted molar refractivity (Wildman–Crippen MR) is 127 cm³/mol. The Hall–Kier alpha value is -2.64. The summed E-state index contributed by atoms with van der Waals surface area (Å²) in [7, 11) is -2.08. The Morgan fingerprint density at radius 1 is 1.27 bits per heavy atom. The predicted octanol–water partition coefficient (Wildman–Crippen LogP) is 2.39. The van der Waals surface area contributed by atoms with Crippen molar-refractivity contribution in [1.82, 2.24) is 24.9 Å². The second-order valence-electron chi connectivity index (χ2n) is 7.63. The molecule has 10 nitrogen and oxygen atoms in total. The Bertz CT molecular complexity index is 1380. The van der Waals surface area contributed by atoms with E-state index in [1.807, 2.05) is 18.2 Å². The second-order valence-corrected chi connectivity index (χ2v) is 10.7. The Morgan fingerprint density at radius 2 is 2.12 bits per heavy atom. The first-order valence-corrected chi connectivity index (χ1v) is 12.9. The number of rotatable bonds is 8. The number of H-pyrrole nitrogens is 1. The number of benzene rings is 1. The minimum atomic E-state index is -3.67. The molecule has 4 aromatic rings. The van der Waals surface area contributed by atoms with E-state index in [-0.39, 0.29) is 4.21 Å². The zero-order chi connectivity index (χ0) is 22.8. The summed E-state index contributed by atoms with van der Waals surface area (Å²) in [6.07, 6.45) is 2.35. The van der Waals surface area contributed by atoms with Crippen LogP contribution in [0.3, 0.4) is 0 Å². The Balaban J connectivity index is 1.61. The number of sulfonamides is 1. The number of ether oxygens (including phenoxy) is 2. The third kappa shape index (κ3) is 4.44. The lowest BCUT2D eigenvalue weighted by molar-refractivity contribution is 0.122. The number of nitrogens with zero attached hydrogens (tertiary/aromatic N) is 4. The Labute approximate surface area is 195 Å². The monoisotopic (exact) mass is 488 g/mol. The Morgan fingerprint density at radius 3 is 2.94 bits per heavy atom. The summed E-state index contributed by atoms with van der Waals surface area (Å²) < 4.78 is 39.9. The number of aromatic amines is 1. The van der Waals surface area contributed by atoms with Crippen LogP contribution in [-0.4, -0.2) is 75.1 Å².